The number of nitrogens with one attached hydrogen (secondary N) is 1. The normalized spacial score (nSPS) is 24.4. The predicted molar refractivity (Wildman–Crippen MR) is 75.9 cm³/mol. The lowest BCUT2D eigenvalue weighted by Crippen LogP contribution is -2.44. The number of nitrogens with two attached hydrogens (primary N) is 1. The molecular formula is C15H24N2O2. The molecule has 2 unspecified atom stereocenters. The van der Waals surface area contributed by atoms with Crippen molar-refractivity contribution < 1.29 is 9.47 Å². The predicted octanol–water partition coefficient (Wildman–Crippen LogP) is 2.55. The molecule has 1 aliphatic rings. The molecule has 0 aliphatic carbocycles. The number of rotatable bonds is 6. The molecule has 0 amide bonds. The van der Waals surface area contributed by atoms with Gasteiger partial charge < -0.3 is 9.47 Å². The van der Waals surface area contributed by atoms with Gasteiger partial charge in [0.05, 0.1) is 18.2 Å². The molecule has 3 N–H and O–H groups in total. The Morgan fingerprint density at radius 3 is 2.68 bits per heavy atom. The van der Waals surface area contributed by atoms with Crippen molar-refractivity contribution in [1.82, 2.24) is 5.43 Å². The second-order valence-electron chi connectivity index (χ2n) is 5.28. The van der Waals surface area contributed by atoms with Crippen molar-refractivity contribution in [3.63, 3.8) is 0 Å². The van der Waals surface area contributed by atoms with E-state index in [1.54, 1.807) is 0 Å². The van der Waals surface area contributed by atoms with Gasteiger partial charge in [0.2, 0.25) is 0 Å². The molecule has 2 rings (SSSR count). The fraction of sp³-hybridized carbons (Fsp3) is 0.600. The molecule has 0 spiro atoms. The molecule has 0 aromatic heterocycles. The second kappa shape index (κ2) is 6.37. The number of benzene rings is 1. The summed E-state index contributed by atoms with van der Waals surface area (Å²) in [5, 5.41) is 0. The first-order valence-electron chi connectivity index (χ1n) is 7.02. The summed E-state index contributed by atoms with van der Waals surface area (Å²) in [7, 11) is 0. The van der Waals surface area contributed by atoms with Crippen molar-refractivity contribution in [2.75, 3.05) is 13.2 Å². The molecule has 1 saturated heterocycles. The SMILES string of the molecule is CCCOc1ccc(C(NN)C2(C)CCCO2)cc1. The third-order valence-electron chi connectivity index (χ3n) is 3.71. The number of ether oxygens (including phenoxy) is 2. The standard InChI is InChI=1S/C15H24N2O2/c1-3-10-18-13-7-5-12(6-8-13)14(17-16)15(2)9-4-11-19-15/h5-8,14,17H,3-4,9-11,16H2,1-2H3. The molecule has 106 valence electrons. The number of hydrogen-bond donors (Lipinski definition) is 2. The molecule has 1 aromatic carbocycles. The van der Waals surface area contributed by atoms with Gasteiger partial charge in [-0.3, -0.25) is 11.3 Å². The molecule has 4 heteroatoms. The Balaban J connectivity index is 2.10. The van der Waals surface area contributed by atoms with Crippen LogP contribution in [0.5, 0.6) is 5.75 Å². The van der Waals surface area contributed by atoms with Gasteiger partial charge in [0.15, 0.2) is 0 Å². The van der Waals surface area contributed by atoms with Crippen molar-refractivity contribution in [2.45, 2.75) is 44.8 Å². The quantitative estimate of drug-likeness (QED) is 0.612. The van der Waals surface area contributed by atoms with Crippen LogP contribution in [0, 0.1) is 0 Å². The molecule has 4 nitrogen and oxygen atoms in total. The summed E-state index contributed by atoms with van der Waals surface area (Å²) in [4.78, 5) is 0. The van der Waals surface area contributed by atoms with Gasteiger partial charge in [0.1, 0.15) is 5.75 Å². The first-order valence-corrected chi connectivity index (χ1v) is 7.02. The zero-order chi connectivity index (χ0) is 13.7. The van der Waals surface area contributed by atoms with E-state index in [0.717, 1.165) is 43.8 Å². The monoisotopic (exact) mass is 264 g/mol. The summed E-state index contributed by atoms with van der Waals surface area (Å²) < 4.78 is 11.5. The average molecular weight is 264 g/mol. The molecule has 1 heterocycles. The number of hydrogen-bond acceptors (Lipinski definition) is 4. The van der Waals surface area contributed by atoms with Crippen molar-refractivity contribution in [3.05, 3.63) is 29.8 Å². The van der Waals surface area contributed by atoms with Crippen LogP contribution in [0.25, 0.3) is 0 Å². The molecule has 19 heavy (non-hydrogen) atoms. The highest BCUT2D eigenvalue weighted by molar-refractivity contribution is 5.30. The van der Waals surface area contributed by atoms with Gasteiger partial charge in [0.25, 0.3) is 0 Å². The van der Waals surface area contributed by atoms with E-state index in [-0.39, 0.29) is 11.6 Å². The zero-order valence-corrected chi connectivity index (χ0v) is 11.8. The van der Waals surface area contributed by atoms with Gasteiger partial charge in [-0.1, -0.05) is 19.1 Å². The van der Waals surface area contributed by atoms with Gasteiger partial charge in [-0.2, -0.15) is 0 Å². The van der Waals surface area contributed by atoms with E-state index in [1.807, 2.05) is 12.1 Å². The summed E-state index contributed by atoms with van der Waals surface area (Å²) >= 11 is 0. The van der Waals surface area contributed by atoms with Crippen LogP contribution in [0.3, 0.4) is 0 Å². The van der Waals surface area contributed by atoms with Crippen LogP contribution in [0.4, 0.5) is 0 Å². The minimum Gasteiger partial charge on any atom is -0.494 e. The Bertz CT molecular complexity index is 386. The van der Waals surface area contributed by atoms with Crippen LogP contribution in [0.15, 0.2) is 24.3 Å². The van der Waals surface area contributed by atoms with E-state index in [1.165, 1.54) is 0 Å². The van der Waals surface area contributed by atoms with E-state index >= 15 is 0 Å². The average Bonchev–Trinajstić information content (AvgIpc) is 2.86. The molecule has 2 atom stereocenters. The maximum absolute atomic E-state index is 5.87. The molecule has 0 radical (unpaired) electrons. The van der Waals surface area contributed by atoms with Gasteiger partial charge in [0, 0.05) is 6.61 Å². The van der Waals surface area contributed by atoms with Crippen LogP contribution in [-0.4, -0.2) is 18.8 Å². The Morgan fingerprint density at radius 1 is 1.42 bits per heavy atom. The van der Waals surface area contributed by atoms with Crippen molar-refractivity contribution >= 4 is 0 Å². The van der Waals surface area contributed by atoms with Gasteiger partial charge in [-0.15, -0.1) is 0 Å². The molecule has 0 bridgehead atoms. The van der Waals surface area contributed by atoms with Crippen LogP contribution in [-0.2, 0) is 4.74 Å². The van der Waals surface area contributed by atoms with E-state index in [9.17, 15) is 0 Å². The van der Waals surface area contributed by atoms with Crippen LogP contribution in [0.2, 0.25) is 0 Å². The van der Waals surface area contributed by atoms with Gasteiger partial charge >= 0.3 is 0 Å². The van der Waals surface area contributed by atoms with Crippen molar-refractivity contribution in [3.8, 4) is 5.75 Å². The molecule has 1 aliphatic heterocycles. The first kappa shape index (κ1) is 14.3. The first-order chi connectivity index (χ1) is 9.19. The van der Waals surface area contributed by atoms with E-state index in [0.29, 0.717) is 0 Å². The summed E-state index contributed by atoms with van der Waals surface area (Å²) in [5.74, 6) is 6.63. The van der Waals surface area contributed by atoms with Crippen LogP contribution in [0.1, 0.15) is 44.7 Å². The van der Waals surface area contributed by atoms with Gasteiger partial charge in [-0.05, 0) is 43.9 Å². The third-order valence-corrected chi connectivity index (χ3v) is 3.71. The summed E-state index contributed by atoms with van der Waals surface area (Å²) in [6, 6.07) is 8.11. The molecule has 1 aromatic rings. The van der Waals surface area contributed by atoms with Crippen LogP contribution >= 0.6 is 0 Å². The highest BCUT2D eigenvalue weighted by Gasteiger charge is 2.38. The number of hydrazine groups is 1. The van der Waals surface area contributed by atoms with E-state index in [2.05, 4.69) is 31.4 Å². The Hall–Kier alpha value is -1.10. The maximum Gasteiger partial charge on any atom is 0.119 e. The smallest absolute Gasteiger partial charge is 0.119 e. The fourth-order valence-electron chi connectivity index (χ4n) is 2.63. The Morgan fingerprint density at radius 2 is 2.16 bits per heavy atom. The molecule has 0 saturated carbocycles. The molecular weight excluding hydrogens is 240 g/mol. The topological polar surface area (TPSA) is 56.5 Å². The highest BCUT2D eigenvalue weighted by Crippen LogP contribution is 2.37. The second-order valence-corrected chi connectivity index (χ2v) is 5.28. The van der Waals surface area contributed by atoms with Crippen molar-refractivity contribution in [1.29, 1.82) is 0 Å². The fourth-order valence-corrected chi connectivity index (χ4v) is 2.63. The van der Waals surface area contributed by atoms with E-state index in [4.69, 9.17) is 15.3 Å². The lowest BCUT2D eigenvalue weighted by Gasteiger charge is -2.33. The van der Waals surface area contributed by atoms with Gasteiger partial charge in [-0.25, -0.2) is 0 Å². The highest BCUT2D eigenvalue weighted by atomic mass is 16.5. The Labute approximate surface area is 115 Å². The third kappa shape index (κ3) is 3.26. The summed E-state index contributed by atoms with van der Waals surface area (Å²) in [5.41, 5.74) is 3.81. The lowest BCUT2D eigenvalue weighted by molar-refractivity contribution is -0.0125. The minimum absolute atomic E-state index is 0.00947. The summed E-state index contributed by atoms with van der Waals surface area (Å²) in [6.45, 7) is 5.78. The van der Waals surface area contributed by atoms with E-state index < -0.39 is 0 Å². The largest absolute Gasteiger partial charge is 0.494 e. The molecule has 1 fully saturated rings. The van der Waals surface area contributed by atoms with Crippen LogP contribution < -0.4 is 16.0 Å². The Kier molecular flexibility index (Phi) is 4.80. The minimum atomic E-state index is -0.222. The lowest BCUT2D eigenvalue weighted by atomic mass is 9.88. The summed E-state index contributed by atoms with van der Waals surface area (Å²) in [6.07, 6.45) is 3.13. The van der Waals surface area contributed by atoms with Crippen molar-refractivity contribution in [2.24, 2.45) is 5.84 Å². The maximum atomic E-state index is 5.87. The zero-order valence-electron chi connectivity index (χ0n) is 11.8.